The van der Waals surface area contributed by atoms with E-state index in [0.717, 1.165) is 36.9 Å². The molecular formula is C19H26N4O4S. The van der Waals surface area contributed by atoms with Gasteiger partial charge in [0.2, 0.25) is 10.0 Å². The van der Waals surface area contributed by atoms with E-state index in [1.165, 1.54) is 4.31 Å². The predicted octanol–water partition coefficient (Wildman–Crippen LogP) is 1.83. The van der Waals surface area contributed by atoms with Crippen LogP contribution in [0.4, 0.5) is 0 Å². The summed E-state index contributed by atoms with van der Waals surface area (Å²) >= 11 is 0. The van der Waals surface area contributed by atoms with Crippen molar-refractivity contribution in [1.82, 2.24) is 19.2 Å². The third-order valence-corrected chi connectivity index (χ3v) is 7.99. The van der Waals surface area contributed by atoms with Crippen LogP contribution in [0.1, 0.15) is 48.4 Å². The molecular weight excluding hydrogens is 380 g/mol. The molecule has 0 unspecified atom stereocenters. The fourth-order valence-electron chi connectivity index (χ4n) is 4.28. The Kier molecular flexibility index (Phi) is 5.13. The van der Waals surface area contributed by atoms with Crippen molar-refractivity contribution in [1.29, 1.82) is 0 Å². The van der Waals surface area contributed by atoms with Crippen molar-refractivity contribution in [2.75, 3.05) is 13.1 Å². The molecule has 1 aliphatic heterocycles. The van der Waals surface area contributed by atoms with Crippen LogP contribution >= 0.6 is 0 Å². The molecule has 28 heavy (non-hydrogen) atoms. The van der Waals surface area contributed by atoms with E-state index in [1.807, 2.05) is 0 Å². The quantitative estimate of drug-likeness (QED) is 0.768. The van der Waals surface area contributed by atoms with Gasteiger partial charge in [0.1, 0.15) is 10.6 Å². The second-order valence-electron chi connectivity index (χ2n) is 7.84. The Hall–Kier alpha value is -2.00. The molecule has 0 atom stereocenters. The zero-order valence-electron chi connectivity index (χ0n) is 16.3. The van der Waals surface area contributed by atoms with Crippen molar-refractivity contribution in [2.24, 2.45) is 5.92 Å². The summed E-state index contributed by atoms with van der Waals surface area (Å²) in [5.74, 6) is 0.562. The van der Waals surface area contributed by atoms with Crippen molar-refractivity contribution in [2.45, 2.75) is 63.8 Å². The normalized spacial score (nSPS) is 18.9. The van der Waals surface area contributed by atoms with Crippen molar-refractivity contribution >= 4 is 10.0 Å². The number of piperidine rings is 1. The maximum absolute atomic E-state index is 12.9. The highest BCUT2D eigenvalue weighted by molar-refractivity contribution is 7.89. The van der Waals surface area contributed by atoms with Crippen LogP contribution < -0.4 is 5.56 Å². The summed E-state index contributed by atoms with van der Waals surface area (Å²) in [4.78, 5) is 12.6. The highest BCUT2D eigenvalue weighted by Crippen LogP contribution is 2.28. The fraction of sp³-hybridized carbons (Fsp3) is 0.632. The first kappa shape index (κ1) is 19.3. The van der Waals surface area contributed by atoms with Crippen LogP contribution in [-0.4, -0.2) is 40.7 Å². The van der Waals surface area contributed by atoms with Gasteiger partial charge in [0, 0.05) is 25.7 Å². The van der Waals surface area contributed by atoms with E-state index in [-0.39, 0.29) is 16.4 Å². The number of rotatable bonds is 4. The molecule has 8 nitrogen and oxygen atoms in total. The molecule has 0 saturated carbocycles. The summed E-state index contributed by atoms with van der Waals surface area (Å²) < 4.78 is 34.0. The van der Waals surface area contributed by atoms with E-state index < -0.39 is 10.0 Å². The number of sulfonamides is 1. The topological polar surface area (TPSA) is 98.3 Å². The minimum absolute atomic E-state index is 0.0496. The zero-order chi connectivity index (χ0) is 19.9. The van der Waals surface area contributed by atoms with Gasteiger partial charge < -0.3 is 4.52 Å². The molecule has 0 spiro atoms. The number of hydrogen-bond acceptors (Lipinski definition) is 6. The van der Waals surface area contributed by atoms with Gasteiger partial charge in [-0.2, -0.15) is 9.40 Å². The lowest BCUT2D eigenvalue weighted by Gasteiger charge is -2.31. The molecule has 1 fully saturated rings. The van der Waals surface area contributed by atoms with Gasteiger partial charge in [0.25, 0.3) is 5.56 Å². The minimum atomic E-state index is -3.60. The van der Waals surface area contributed by atoms with Crippen molar-refractivity contribution in [3.8, 4) is 0 Å². The summed E-state index contributed by atoms with van der Waals surface area (Å²) in [6.45, 7) is 4.66. The third kappa shape index (κ3) is 3.53. The summed E-state index contributed by atoms with van der Waals surface area (Å²) in [6.07, 6.45) is 5.52. The Morgan fingerprint density at radius 2 is 1.89 bits per heavy atom. The van der Waals surface area contributed by atoms with E-state index in [2.05, 4.69) is 10.3 Å². The largest absolute Gasteiger partial charge is 0.360 e. The summed E-state index contributed by atoms with van der Waals surface area (Å²) in [5.41, 5.74) is 2.48. The van der Waals surface area contributed by atoms with Crippen LogP contribution in [0.25, 0.3) is 0 Å². The van der Waals surface area contributed by atoms with Crippen LogP contribution in [0.5, 0.6) is 0 Å². The van der Waals surface area contributed by atoms with E-state index in [0.29, 0.717) is 43.9 Å². The van der Waals surface area contributed by atoms with E-state index in [4.69, 9.17) is 4.52 Å². The van der Waals surface area contributed by atoms with Crippen molar-refractivity contribution in [3.05, 3.63) is 39.1 Å². The molecule has 4 rings (SSSR count). The molecule has 152 valence electrons. The smallest absolute Gasteiger partial charge is 0.267 e. The number of aromatic nitrogens is 3. The Morgan fingerprint density at radius 1 is 1.18 bits per heavy atom. The van der Waals surface area contributed by atoms with Crippen LogP contribution in [-0.2, 0) is 29.4 Å². The average Bonchev–Trinajstić information content (AvgIpc) is 3.02. The van der Waals surface area contributed by atoms with Gasteiger partial charge in [0.15, 0.2) is 5.76 Å². The summed E-state index contributed by atoms with van der Waals surface area (Å²) in [7, 11) is -3.60. The summed E-state index contributed by atoms with van der Waals surface area (Å²) in [6, 6.07) is 1.73. The van der Waals surface area contributed by atoms with Gasteiger partial charge in [0.05, 0.1) is 5.69 Å². The van der Waals surface area contributed by atoms with Gasteiger partial charge in [-0.3, -0.25) is 4.79 Å². The first-order chi connectivity index (χ1) is 13.4. The highest BCUT2D eigenvalue weighted by Gasteiger charge is 2.34. The summed E-state index contributed by atoms with van der Waals surface area (Å²) in [5, 5.41) is 8.36. The molecule has 0 aromatic carbocycles. The lowest BCUT2D eigenvalue weighted by Crippen LogP contribution is -2.40. The maximum atomic E-state index is 12.9. The Balaban J connectivity index is 1.44. The number of aryl methyl sites for hydroxylation is 4. The molecule has 1 saturated heterocycles. The van der Waals surface area contributed by atoms with E-state index >= 15 is 0 Å². The second kappa shape index (κ2) is 7.44. The van der Waals surface area contributed by atoms with Crippen LogP contribution in [0, 0.1) is 19.8 Å². The van der Waals surface area contributed by atoms with Gasteiger partial charge in [-0.1, -0.05) is 5.16 Å². The van der Waals surface area contributed by atoms with Crippen LogP contribution in [0.3, 0.4) is 0 Å². The zero-order valence-corrected chi connectivity index (χ0v) is 17.2. The lowest BCUT2D eigenvalue weighted by atomic mass is 9.96. The number of nitrogens with zero attached hydrogens (tertiary/aromatic N) is 4. The fourth-order valence-corrected chi connectivity index (χ4v) is 6.04. The molecule has 0 N–H and O–H groups in total. The third-order valence-electron chi connectivity index (χ3n) is 5.84. The first-order valence-corrected chi connectivity index (χ1v) is 11.3. The monoisotopic (exact) mass is 406 g/mol. The molecule has 9 heteroatoms. The standard InChI is InChI=1S/C19H26N4O4S/c1-13-19(14(2)27-21-13)28(25,26)22-9-7-15(8-10-22)12-23-18(24)11-16-5-3-4-6-17(16)20-23/h11,15H,3-10,12H2,1-2H3. The van der Waals surface area contributed by atoms with Gasteiger partial charge in [-0.25, -0.2) is 13.1 Å². The molecule has 2 aromatic rings. The SMILES string of the molecule is Cc1noc(C)c1S(=O)(=O)N1CCC(Cn2nc3c(cc2=O)CCCC3)CC1. The van der Waals surface area contributed by atoms with Gasteiger partial charge in [-0.15, -0.1) is 0 Å². The first-order valence-electron chi connectivity index (χ1n) is 9.89. The molecule has 0 radical (unpaired) electrons. The Morgan fingerprint density at radius 3 is 2.57 bits per heavy atom. The lowest BCUT2D eigenvalue weighted by molar-refractivity contribution is 0.243. The second-order valence-corrected chi connectivity index (χ2v) is 9.72. The minimum Gasteiger partial charge on any atom is -0.360 e. The molecule has 0 amide bonds. The predicted molar refractivity (Wildman–Crippen MR) is 103 cm³/mol. The van der Waals surface area contributed by atoms with Gasteiger partial charge in [-0.05, 0) is 63.9 Å². The molecule has 2 aromatic heterocycles. The average molecular weight is 407 g/mol. The molecule has 0 bridgehead atoms. The van der Waals surface area contributed by atoms with E-state index in [9.17, 15) is 13.2 Å². The maximum Gasteiger partial charge on any atom is 0.267 e. The van der Waals surface area contributed by atoms with Crippen LogP contribution in [0.15, 0.2) is 20.3 Å². The number of fused-ring (bicyclic) bond motifs is 1. The van der Waals surface area contributed by atoms with Crippen molar-refractivity contribution in [3.63, 3.8) is 0 Å². The number of hydrogen-bond donors (Lipinski definition) is 0. The molecule has 2 aliphatic rings. The Labute approximate surface area is 164 Å². The van der Waals surface area contributed by atoms with E-state index in [1.54, 1.807) is 24.6 Å². The molecule has 3 heterocycles. The van der Waals surface area contributed by atoms with Crippen molar-refractivity contribution < 1.29 is 12.9 Å². The van der Waals surface area contributed by atoms with Crippen LogP contribution in [0.2, 0.25) is 0 Å². The molecule has 1 aliphatic carbocycles. The van der Waals surface area contributed by atoms with Gasteiger partial charge >= 0.3 is 0 Å². The Bertz CT molecular complexity index is 1010. The highest BCUT2D eigenvalue weighted by atomic mass is 32.2.